The van der Waals surface area contributed by atoms with E-state index in [0.29, 0.717) is 44.1 Å². The second-order valence-corrected chi connectivity index (χ2v) is 9.66. The van der Waals surface area contributed by atoms with E-state index >= 15 is 0 Å². The molecule has 0 radical (unpaired) electrons. The Morgan fingerprint density at radius 1 is 1.08 bits per heavy atom. The van der Waals surface area contributed by atoms with Gasteiger partial charge in [-0.15, -0.1) is 5.10 Å². The molecule has 5 heterocycles. The lowest BCUT2D eigenvalue weighted by atomic mass is 9.72. The molecule has 10 nitrogen and oxygen atoms in total. The Labute approximate surface area is 212 Å². The van der Waals surface area contributed by atoms with E-state index in [-0.39, 0.29) is 17.5 Å². The first-order valence-electron chi connectivity index (χ1n) is 12.4. The molecule has 1 saturated heterocycles. The first kappa shape index (κ1) is 21.8. The molecule has 1 fully saturated rings. The minimum Gasteiger partial charge on any atom is -0.494 e. The van der Waals surface area contributed by atoms with Crippen LogP contribution in [-0.4, -0.2) is 50.0 Å². The van der Waals surface area contributed by atoms with Crippen molar-refractivity contribution < 1.29 is 18.8 Å². The molecule has 186 valence electrons. The van der Waals surface area contributed by atoms with E-state index in [9.17, 15) is 9.59 Å². The van der Waals surface area contributed by atoms with Gasteiger partial charge in [-0.1, -0.05) is 40.7 Å². The number of aromatic nitrogens is 4. The third-order valence-electron chi connectivity index (χ3n) is 7.63. The fourth-order valence-corrected chi connectivity index (χ4v) is 6.07. The number of hydrogen-bond donors (Lipinski definition) is 0. The number of carbonyl (C=O) groups excluding carboxylic acids is 2. The fourth-order valence-electron chi connectivity index (χ4n) is 6.07. The Hall–Kier alpha value is -4.47. The first-order chi connectivity index (χ1) is 18.1. The van der Waals surface area contributed by atoms with Gasteiger partial charge < -0.3 is 19.1 Å². The predicted octanol–water partition coefficient (Wildman–Crippen LogP) is 3.12. The highest BCUT2D eigenvalue weighted by Crippen LogP contribution is 2.57. The summed E-state index contributed by atoms with van der Waals surface area (Å²) in [6, 6.07) is 16.6. The van der Waals surface area contributed by atoms with Crippen molar-refractivity contribution in [3.05, 3.63) is 89.6 Å². The van der Waals surface area contributed by atoms with Gasteiger partial charge in [0.1, 0.15) is 23.1 Å². The van der Waals surface area contributed by atoms with E-state index in [1.807, 2.05) is 54.7 Å². The summed E-state index contributed by atoms with van der Waals surface area (Å²) in [5.41, 5.74) is 2.55. The van der Waals surface area contributed by atoms with Crippen molar-refractivity contribution in [2.24, 2.45) is 0 Å². The summed E-state index contributed by atoms with van der Waals surface area (Å²) >= 11 is 0. The zero-order chi connectivity index (χ0) is 25.0. The van der Waals surface area contributed by atoms with Crippen LogP contribution in [0.5, 0.6) is 5.75 Å². The van der Waals surface area contributed by atoms with Gasteiger partial charge in [-0.05, 0) is 35.7 Å². The molecule has 37 heavy (non-hydrogen) atoms. The van der Waals surface area contributed by atoms with Crippen molar-refractivity contribution >= 4 is 17.5 Å². The Bertz CT molecular complexity index is 1500. The quantitative estimate of drug-likeness (QED) is 0.399. The molecule has 6 bridgehead atoms. The molecule has 3 aliphatic rings. The van der Waals surface area contributed by atoms with Gasteiger partial charge in [0.25, 0.3) is 5.91 Å². The smallest absolute Gasteiger partial charge is 0.276 e. The van der Waals surface area contributed by atoms with Gasteiger partial charge in [0.2, 0.25) is 5.91 Å². The topological polar surface area (TPSA) is 107 Å². The summed E-state index contributed by atoms with van der Waals surface area (Å²) in [7, 11) is 0. The molecular formula is C27H24N6O4. The Kier molecular flexibility index (Phi) is 4.88. The zero-order valence-corrected chi connectivity index (χ0v) is 20.0. The third-order valence-corrected chi connectivity index (χ3v) is 7.63. The van der Waals surface area contributed by atoms with Crippen LogP contribution in [0.15, 0.2) is 71.6 Å². The molecule has 2 amide bonds. The molecule has 0 N–H and O–H groups in total. The molecule has 7 rings (SSSR count). The highest BCUT2D eigenvalue weighted by Gasteiger charge is 2.61. The van der Waals surface area contributed by atoms with Crippen molar-refractivity contribution in [3.63, 3.8) is 0 Å². The van der Waals surface area contributed by atoms with Crippen molar-refractivity contribution in [1.82, 2.24) is 25.1 Å². The van der Waals surface area contributed by atoms with Crippen LogP contribution in [0.2, 0.25) is 0 Å². The Balaban J connectivity index is 1.43. The molecule has 2 aromatic heterocycles. The van der Waals surface area contributed by atoms with Gasteiger partial charge in [0.15, 0.2) is 5.69 Å². The lowest BCUT2D eigenvalue weighted by Crippen LogP contribution is -2.45. The van der Waals surface area contributed by atoms with Crippen LogP contribution in [0.3, 0.4) is 0 Å². The molecule has 0 aliphatic carbocycles. The van der Waals surface area contributed by atoms with Crippen LogP contribution in [0.4, 0.5) is 5.69 Å². The van der Waals surface area contributed by atoms with E-state index in [4.69, 9.17) is 9.26 Å². The molecule has 0 unspecified atom stereocenters. The van der Waals surface area contributed by atoms with Gasteiger partial charge in [0, 0.05) is 31.3 Å². The summed E-state index contributed by atoms with van der Waals surface area (Å²) in [4.78, 5) is 31.8. The number of rotatable bonds is 1. The number of nitrogens with zero attached hydrogens (tertiary/aromatic N) is 6. The van der Waals surface area contributed by atoms with Crippen molar-refractivity contribution in [2.75, 3.05) is 18.1 Å². The van der Waals surface area contributed by atoms with Crippen molar-refractivity contribution in [1.29, 1.82) is 0 Å². The van der Waals surface area contributed by atoms with Gasteiger partial charge in [-0.2, -0.15) is 0 Å². The van der Waals surface area contributed by atoms with Crippen LogP contribution in [0.1, 0.15) is 46.2 Å². The van der Waals surface area contributed by atoms with E-state index in [2.05, 4.69) is 15.5 Å². The zero-order valence-electron chi connectivity index (χ0n) is 20.0. The predicted molar refractivity (Wildman–Crippen MR) is 131 cm³/mol. The van der Waals surface area contributed by atoms with Crippen LogP contribution in [-0.2, 0) is 23.3 Å². The maximum atomic E-state index is 14.5. The summed E-state index contributed by atoms with van der Waals surface area (Å²) in [5, 5.41) is 12.5. The Morgan fingerprint density at radius 2 is 2.00 bits per heavy atom. The number of fused-ring (bicyclic) bond motifs is 8. The highest BCUT2D eigenvalue weighted by atomic mass is 16.5. The van der Waals surface area contributed by atoms with Crippen LogP contribution in [0, 0.1) is 0 Å². The highest BCUT2D eigenvalue weighted by molar-refractivity contribution is 6.09. The summed E-state index contributed by atoms with van der Waals surface area (Å²) in [6.07, 6.45) is 4.50. The number of likely N-dealkylation sites (tertiary alicyclic amines) is 1. The molecule has 3 aliphatic heterocycles. The molecule has 4 aromatic rings. The molecule has 10 heteroatoms. The van der Waals surface area contributed by atoms with Gasteiger partial charge in [0.05, 0.1) is 25.4 Å². The molecule has 1 spiro atoms. The molecular weight excluding hydrogens is 472 g/mol. The molecule has 0 saturated carbocycles. The second-order valence-electron chi connectivity index (χ2n) is 9.66. The van der Waals surface area contributed by atoms with Crippen LogP contribution in [0.25, 0.3) is 0 Å². The van der Waals surface area contributed by atoms with Crippen molar-refractivity contribution in [3.8, 4) is 5.75 Å². The lowest BCUT2D eigenvalue weighted by Gasteiger charge is -2.35. The van der Waals surface area contributed by atoms with Crippen molar-refractivity contribution in [2.45, 2.75) is 37.4 Å². The monoisotopic (exact) mass is 496 g/mol. The van der Waals surface area contributed by atoms with E-state index in [0.717, 1.165) is 23.2 Å². The summed E-state index contributed by atoms with van der Waals surface area (Å²) in [6.45, 7) is 1.86. The van der Waals surface area contributed by atoms with Crippen LogP contribution < -0.4 is 9.64 Å². The normalized spacial score (nSPS) is 22.6. The minimum absolute atomic E-state index is 0.0510. The largest absolute Gasteiger partial charge is 0.494 e. The number of aryl methyl sites for hydroxylation is 1. The SMILES string of the molecule is O=C(c1ccon1)N1CC[C@]23C(=O)N(Cc4cn(nn4)CCCOc4cccc(c4)[C@H]12)c1ccccc13. The lowest BCUT2D eigenvalue weighted by molar-refractivity contribution is -0.124. The summed E-state index contributed by atoms with van der Waals surface area (Å²) in [5.74, 6) is 0.370. The number of carbonyl (C=O) groups is 2. The van der Waals surface area contributed by atoms with Gasteiger partial charge >= 0.3 is 0 Å². The second kappa shape index (κ2) is 8.29. The Morgan fingerprint density at radius 3 is 2.89 bits per heavy atom. The number of amides is 2. The number of para-hydroxylation sites is 1. The number of ether oxygens (including phenoxy) is 1. The third kappa shape index (κ3) is 3.28. The molecule has 2 aromatic carbocycles. The standard InChI is InChI=1S/C27H24N6O4/c34-25(22-9-14-37-29-22)32-12-10-27-21-7-1-2-8-23(21)33(26(27)35)17-19-16-31(30-28-19)11-4-13-36-20-6-3-5-18(15-20)24(27)32/h1-3,5-9,14-16,24H,4,10-13,17H2/t24-,27+/m0/s1. The number of anilines is 1. The first-order valence-corrected chi connectivity index (χ1v) is 12.4. The number of hydrogen-bond acceptors (Lipinski definition) is 7. The van der Waals surface area contributed by atoms with Crippen LogP contribution >= 0.6 is 0 Å². The maximum Gasteiger partial charge on any atom is 0.276 e. The van der Waals surface area contributed by atoms with E-state index in [1.165, 1.54) is 6.26 Å². The average molecular weight is 497 g/mol. The number of benzene rings is 2. The average Bonchev–Trinajstić information content (AvgIpc) is 3.72. The molecule has 2 atom stereocenters. The summed E-state index contributed by atoms with van der Waals surface area (Å²) < 4.78 is 12.8. The van der Waals surface area contributed by atoms with Gasteiger partial charge in [-0.25, -0.2) is 0 Å². The van der Waals surface area contributed by atoms with E-state index in [1.54, 1.807) is 20.5 Å². The maximum absolute atomic E-state index is 14.5. The fraction of sp³-hybridized carbons (Fsp3) is 0.296. The van der Waals surface area contributed by atoms with E-state index < -0.39 is 11.5 Å². The van der Waals surface area contributed by atoms with Gasteiger partial charge in [-0.3, -0.25) is 14.3 Å². The minimum atomic E-state index is -0.967.